The van der Waals surface area contributed by atoms with Gasteiger partial charge in [-0.2, -0.15) is 8.42 Å². The molecule has 0 saturated carbocycles. The van der Waals surface area contributed by atoms with Gasteiger partial charge in [0.2, 0.25) is 5.75 Å². The number of phenols is 1. The molecule has 0 fully saturated rings. The fraction of sp³-hybridized carbons (Fsp3) is 0. The van der Waals surface area contributed by atoms with Gasteiger partial charge in [-0.25, -0.2) is 0 Å². The largest absolute Gasteiger partial charge is 0.501 e. The van der Waals surface area contributed by atoms with Crippen LogP contribution in [0.3, 0.4) is 0 Å². The van der Waals surface area contributed by atoms with Crippen LogP contribution in [0.15, 0.2) is 17.0 Å². The van der Waals surface area contributed by atoms with Crippen LogP contribution in [0.25, 0.3) is 0 Å². The van der Waals surface area contributed by atoms with Gasteiger partial charge in [-0.1, -0.05) is 0 Å². The zero-order chi connectivity index (χ0) is 11.8. The molecule has 1 rings (SSSR count). The Morgan fingerprint density at radius 1 is 1.38 bits per heavy atom. The third-order valence-corrected chi connectivity index (χ3v) is 2.42. The Kier molecular flexibility index (Phi) is 4.70. The Bertz CT molecular complexity index is 528. The monoisotopic (exact) mass is 257 g/mol. The summed E-state index contributed by atoms with van der Waals surface area (Å²) in [4.78, 5) is 8.61. The van der Waals surface area contributed by atoms with E-state index in [2.05, 4.69) is 0 Å². The second-order valence-corrected chi connectivity index (χ2v) is 4.03. The van der Waals surface area contributed by atoms with Crippen LogP contribution in [0.2, 0.25) is 0 Å². The Morgan fingerprint density at radius 3 is 2.25 bits per heavy atom. The van der Waals surface area contributed by atoms with Crippen LogP contribution in [0.1, 0.15) is 0 Å². The predicted octanol–water partition coefficient (Wildman–Crippen LogP) is -0.252. The number of benzene rings is 1. The molecule has 0 bridgehead atoms. The molecule has 16 heavy (non-hydrogen) atoms. The number of hydrogen-bond acceptors (Lipinski definition) is 6. The summed E-state index contributed by atoms with van der Waals surface area (Å²) in [6, 6.07) is 1.23. The molecule has 1 aromatic carbocycles. The van der Waals surface area contributed by atoms with Gasteiger partial charge in [0, 0.05) is 35.6 Å². The number of hydrogen-bond donors (Lipinski definition) is 3. The molecule has 0 aromatic heterocycles. The summed E-state index contributed by atoms with van der Waals surface area (Å²) in [5.41, 5.74) is 3.74. The average molecular weight is 257 g/mol. The Balaban J connectivity index is 0.00000225. The van der Waals surface area contributed by atoms with Crippen molar-refractivity contribution < 1.29 is 23.0 Å². The van der Waals surface area contributed by atoms with Crippen molar-refractivity contribution in [3.8, 4) is 5.75 Å². The third-order valence-electron chi connectivity index (χ3n) is 1.59. The fourth-order valence-corrected chi connectivity index (χ4v) is 1.44. The second kappa shape index (κ2) is 4.97. The van der Waals surface area contributed by atoms with Gasteiger partial charge in [0.15, 0.2) is 0 Å². The van der Waals surface area contributed by atoms with Gasteiger partial charge in [-0.05, 0) is 6.07 Å². The molecule has 0 saturated heterocycles. The van der Waals surface area contributed by atoms with Crippen LogP contribution in [-0.2, 0) is 10.1 Å². The first-order chi connectivity index (χ1) is 6.73. The van der Waals surface area contributed by atoms with Crippen molar-refractivity contribution in [2.75, 3.05) is 5.73 Å². The minimum absolute atomic E-state index is 0. The summed E-state index contributed by atoms with van der Waals surface area (Å²) in [6.07, 6.45) is 0. The first-order valence-electron chi connectivity index (χ1n) is 3.48. The molecule has 0 heterocycles. The molecule has 83 valence electrons. The van der Waals surface area contributed by atoms with Crippen molar-refractivity contribution in [3.63, 3.8) is 0 Å². The van der Waals surface area contributed by atoms with Gasteiger partial charge in [0.1, 0.15) is 4.90 Å². The second-order valence-electron chi connectivity index (χ2n) is 2.61. The molecule has 0 spiro atoms. The van der Waals surface area contributed by atoms with Crippen molar-refractivity contribution in [3.05, 3.63) is 22.2 Å². The van der Waals surface area contributed by atoms with Gasteiger partial charge in [-0.15, -0.1) is 0 Å². The maximum absolute atomic E-state index is 10.7. The molecule has 10 heteroatoms. The van der Waals surface area contributed by atoms with Gasteiger partial charge in [-0.3, -0.25) is 14.7 Å². The zero-order valence-corrected chi connectivity index (χ0v) is 10.9. The number of nitrogens with two attached hydrogens (primary N) is 1. The van der Waals surface area contributed by atoms with E-state index in [1.54, 1.807) is 0 Å². The molecule has 0 aliphatic carbocycles. The van der Waals surface area contributed by atoms with E-state index in [9.17, 15) is 18.5 Å². The molecule has 4 N–H and O–H groups in total. The number of aromatic hydroxyl groups is 1. The van der Waals surface area contributed by atoms with Gasteiger partial charge >= 0.3 is 5.69 Å². The quantitative estimate of drug-likeness (QED) is 0.165. The molecule has 1 aromatic rings. The summed E-state index contributed by atoms with van der Waals surface area (Å²) in [6.45, 7) is 0. The van der Waals surface area contributed by atoms with Crippen LogP contribution in [0.5, 0.6) is 5.75 Å². The van der Waals surface area contributed by atoms with Gasteiger partial charge < -0.3 is 10.8 Å². The molecular formula is C6H6N2NaO6S. The van der Waals surface area contributed by atoms with Gasteiger partial charge in [0.05, 0.1) is 10.6 Å². The van der Waals surface area contributed by atoms with Crippen LogP contribution in [0, 0.1) is 10.1 Å². The van der Waals surface area contributed by atoms with Crippen molar-refractivity contribution >= 4 is 51.1 Å². The molecule has 8 nitrogen and oxygen atoms in total. The minimum atomic E-state index is -4.59. The van der Waals surface area contributed by atoms with Crippen LogP contribution < -0.4 is 5.73 Å². The summed E-state index contributed by atoms with van der Waals surface area (Å²) < 4.78 is 30.0. The summed E-state index contributed by atoms with van der Waals surface area (Å²) in [5.74, 6) is -0.840. The molecule has 0 unspecified atom stereocenters. The van der Waals surface area contributed by atoms with E-state index < -0.39 is 37.1 Å². The van der Waals surface area contributed by atoms with Gasteiger partial charge in [0.25, 0.3) is 10.1 Å². The van der Waals surface area contributed by atoms with E-state index in [4.69, 9.17) is 15.4 Å². The number of nitro groups is 1. The fourth-order valence-electron chi connectivity index (χ4n) is 0.902. The van der Waals surface area contributed by atoms with E-state index >= 15 is 0 Å². The molecule has 1 radical (unpaired) electrons. The van der Waals surface area contributed by atoms with E-state index in [1.807, 2.05) is 0 Å². The maximum Gasteiger partial charge on any atom is 0.314 e. The number of phenolic OH excluding ortho intramolecular Hbond substituents is 1. The number of nitro benzene ring substituents is 1. The normalized spacial score (nSPS) is 10.6. The SMILES string of the molecule is Nc1cc(S(=O)(=O)O)cc([N+](=O)[O-])c1O.[Na]. The minimum Gasteiger partial charge on any atom is -0.501 e. The van der Waals surface area contributed by atoms with Crippen molar-refractivity contribution in [1.82, 2.24) is 0 Å². The third kappa shape index (κ3) is 3.06. The molecule has 0 atom stereocenters. The molecule has 0 aliphatic rings. The first kappa shape index (κ1) is 15.1. The Labute approximate surface area is 112 Å². The van der Waals surface area contributed by atoms with E-state index in [-0.39, 0.29) is 29.6 Å². The van der Waals surface area contributed by atoms with Crippen LogP contribution >= 0.6 is 0 Å². The Morgan fingerprint density at radius 2 is 1.88 bits per heavy atom. The van der Waals surface area contributed by atoms with E-state index in [0.717, 1.165) is 6.07 Å². The maximum atomic E-state index is 10.7. The zero-order valence-electron chi connectivity index (χ0n) is 8.11. The van der Waals surface area contributed by atoms with Crippen LogP contribution in [-0.4, -0.2) is 52.6 Å². The standard InChI is InChI=1S/C6H6N2O6S.Na/c7-4-1-3(15(12,13)14)2-5(6(4)9)8(10)11;/h1-2,9H,7H2,(H,12,13,14);. The average Bonchev–Trinajstić information content (AvgIpc) is 2.06. The molecule has 0 aliphatic heterocycles. The van der Waals surface area contributed by atoms with Crippen molar-refractivity contribution in [2.24, 2.45) is 0 Å². The topological polar surface area (TPSA) is 144 Å². The number of anilines is 1. The smallest absolute Gasteiger partial charge is 0.314 e. The molecule has 0 amide bonds. The summed E-state index contributed by atoms with van der Waals surface area (Å²) in [5, 5.41) is 19.5. The van der Waals surface area contributed by atoms with Crippen molar-refractivity contribution in [1.29, 1.82) is 0 Å². The molecular weight excluding hydrogens is 251 g/mol. The summed E-state index contributed by atoms with van der Waals surface area (Å²) >= 11 is 0. The number of nitrogen functional groups attached to an aromatic ring is 1. The number of rotatable bonds is 2. The van der Waals surface area contributed by atoms with E-state index in [1.165, 1.54) is 0 Å². The predicted molar refractivity (Wildman–Crippen MR) is 54.7 cm³/mol. The van der Waals surface area contributed by atoms with Crippen molar-refractivity contribution in [2.45, 2.75) is 4.90 Å². The van der Waals surface area contributed by atoms with Crippen LogP contribution in [0.4, 0.5) is 11.4 Å². The Hall–Kier alpha value is -0.870. The number of nitrogens with zero attached hydrogens (tertiary/aromatic N) is 1. The first-order valence-corrected chi connectivity index (χ1v) is 4.92. The van der Waals surface area contributed by atoms with E-state index in [0.29, 0.717) is 6.07 Å². The summed E-state index contributed by atoms with van der Waals surface area (Å²) in [7, 11) is -4.59.